The Kier molecular flexibility index (Phi) is 9.11. The van der Waals surface area contributed by atoms with E-state index in [1.165, 1.54) is 6.21 Å². The fourth-order valence-corrected chi connectivity index (χ4v) is 2.23. The number of furan rings is 1. The van der Waals surface area contributed by atoms with Gasteiger partial charge in [-0.3, -0.25) is 4.98 Å². The zero-order valence-corrected chi connectivity index (χ0v) is 16.6. The van der Waals surface area contributed by atoms with Crippen LogP contribution >= 0.6 is 0 Å². The summed E-state index contributed by atoms with van der Waals surface area (Å²) in [6.45, 7) is 13.6. The fraction of sp³-hybridized carbons (Fsp3) is 0.556. The quantitative estimate of drug-likeness (QED) is 0.551. The third-order valence-corrected chi connectivity index (χ3v) is 3.45. The number of aromatic nitrogens is 3. The molecule has 2 aromatic rings. The predicted molar refractivity (Wildman–Crippen MR) is 106 cm³/mol. The number of hydrazone groups is 1. The van der Waals surface area contributed by atoms with Crippen molar-refractivity contribution in [3.63, 3.8) is 0 Å². The van der Waals surface area contributed by atoms with Crippen molar-refractivity contribution in [2.75, 3.05) is 23.4 Å². The van der Waals surface area contributed by atoms with Crippen molar-refractivity contribution in [2.45, 2.75) is 54.4 Å². The second kappa shape index (κ2) is 11.1. The zero-order valence-electron chi connectivity index (χ0n) is 16.6. The summed E-state index contributed by atoms with van der Waals surface area (Å²) in [4.78, 5) is 24.7. The van der Waals surface area contributed by atoms with Gasteiger partial charge in [-0.15, -0.1) is 0 Å². The van der Waals surface area contributed by atoms with E-state index in [9.17, 15) is 4.79 Å². The van der Waals surface area contributed by atoms with Gasteiger partial charge in [-0.25, -0.2) is 10.2 Å². The van der Waals surface area contributed by atoms with Gasteiger partial charge in [-0.1, -0.05) is 27.7 Å². The van der Waals surface area contributed by atoms with Crippen LogP contribution in [0.3, 0.4) is 0 Å². The van der Waals surface area contributed by atoms with Gasteiger partial charge in [0.05, 0.1) is 6.21 Å². The molecular weight excluding hydrogens is 332 g/mol. The maximum absolute atomic E-state index is 11.8. The molecule has 144 valence electrons. The summed E-state index contributed by atoms with van der Waals surface area (Å²) in [6, 6.07) is 1.85. The normalized spacial score (nSPS) is 10.5. The van der Waals surface area contributed by atoms with Gasteiger partial charge < -0.3 is 9.32 Å². The maximum atomic E-state index is 11.8. The smallest absolute Gasteiger partial charge is 0.349 e. The molecule has 2 aromatic heterocycles. The number of hydrogen-bond donors (Lipinski definition) is 2. The number of H-pyrrole nitrogens is 1. The van der Waals surface area contributed by atoms with E-state index in [4.69, 9.17) is 4.42 Å². The lowest BCUT2D eigenvalue weighted by atomic mass is 10.3. The van der Waals surface area contributed by atoms with Crippen molar-refractivity contribution in [3.05, 3.63) is 33.7 Å². The molecule has 0 bridgehead atoms. The van der Waals surface area contributed by atoms with Gasteiger partial charge in [0, 0.05) is 19.2 Å². The summed E-state index contributed by atoms with van der Waals surface area (Å²) in [5.41, 5.74) is 3.38. The van der Waals surface area contributed by atoms with Crippen molar-refractivity contribution in [2.24, 2.45) is 5.10 Å². The lowest BCUT2D eigenvalue weighted by Gasteiger charge is -2.20. The molecule has 2 heterocycles. The molecule has 0 unspecified atom stereocenters. The van der Waals surface area contributed by atoms with E-state index in [0.717, 1.165) is 37.3 Å². The van der Waals surface area contributed by atoms with Gasteiger partial charge in [0.2, 0.25) is 11.8 Å². The van der Waals surface area contributed by atoms with Gasteiger partial charge in [-0.2, -0.15) is 15.1 Å². The molecule has 0 spiro atoms. The molecule has 0 aliphatic rings. The highest BCUT2D eigenvalue weighted by atomic mass is 16.4. The van der Waals surface area contributed by atoms with Gasteiger partial charge in [0.25, 0.3) is 0 Å². The molecule has 0 atom stereocenters. The minimum absolute atomic E-state index is 0.342. The Balaban J connectivity index is 0.00000163. The second-order valence-electron chi connectivity index (χ2n) is 5.55. The topological polar surface area (TPSA) is 99.4 Å². The third-order valence-electron chi connectivity index (χ3n) is 3.45. The predicted octanol–water partition coefficient (Wildman–Crippen LogP) is 3.47. The van der Waals surface area contributed by atoms with Crippen LogP contribution in [0, 0.1) is 13.8 Å². The number of anilines is 2. The van der Waals surface area contributed by atoms with E-state index in [-0.39, 0.29) is 0 Å². The first-order valence-corrected chi connectivity index (χ1v) is 9.12. The summed E-state index contributed by atoms with van der Waals surface area (Å²) in [5, 5.41) is 4.05. The molecule has 2 N–H and O–H groups in total. The van der Waals surface area contributed by atoms with Crippen LogP contribution in [0.25, 0.3) is 0 Å². The Hall–Kier alpha value is -2.64. The summed E-state index contributed by atoms with van der Waals surface area (Å²) in [5.74, 6) is 2.14. The first kappa shape index (κ1) is 21.4. The van der Waals surface area contributed by atoms with Crippen LogP contribution in [-0.2, 0) is 0 Å². The number of nitrogens with one attached hydrogen (secondary N) is 2. The fourth-order valence-electron chi connectivity index (χ4n) is 2.23. The maximum Gasteiger partial charge on any atom is 0.349 e. The number of aromatic amines is 1. The highest BCUT2D eigenvalue weighted by Gasteiger charge is 2.10. The molecular formula is C18H30N6O2. The lowest BCUT2D eigenvalue weighted by Crippen LogP contribution is -2.30. The summed E-state index contributed by atoms with van der Waals surface area (Å²) >= 11 is 0. The first-order valence-electron chi connectivity index (χ1n) is 9.12. The van der Waals surface area contributed by atoms with E-state index in [0.29, 0.717) is 17.7 Å². The Bertz CT molecular complexity index is 725. The summed E-state index contributed by atoms with van der Waals surface area (Å²) < 4.78 is 5.46. The van der Waals surface area contributed by atoms with Crippen molar-refractivity contribution in [1.29, 1.82) is 0 Å². The minimum atomic E-state index is -0.441. The molecule has 0 aliphatic carbocycles. The van der Waals surface area contributed by atoms with Crippen LogP contribution in [-0.4, -0.2) is 34.3 Å². The van der Waals surface area contributed by atoms with Crippen molar-refractivity contribution in [3.8, 4) is 0 Å². The molecule has 0 saturated carbocycles. The van der Waals surface area contributed by atoms with E-state index in [2.05, 4.69) is 39.3 Å². The Labute approximate surface area is 154 Å². The summed E-state index contributed by atoms with van der Waals surface area (Å²) in [7, 11) is 0. The average molecular weight is 362 g/mol. The van der Waals surface area contributed by atoms with Crippen LogP contribution < -0.4 is 16.0 Å². The van der Waals surface area contributed by atoms with Gasteiger partial charge in [0.1, 0.15) is 5.76 Å². The largest absolute Gasteiger partial charge is 0.444 e. The van der Waals surface area contributed by atoms with Crippen LogP contribution in [0.15, 0.2) is 20.4 Å². The monoisotopic (exact) mass is 362 g/mol. The molecule has 0 radical (unpaired) electrons. The lowest BCUT2D eigenvalue weighted by molar-refractivity contribution is 0.545. The molecule has 0 aliphatic heterocycles. The Morgan fingerprint density at radius 3 is 2.42 bits per heavy atom. The third kappa shape index (κ3) is 6.34. The second-order valence-corrected chi connectivity index (χ2v) is 5.55. The number of aryl methyl sites for hydroxylation is 2. The number of nitrogens with zero attached hydrogens (tertiary/aromatic N) is 4. The van der Waals surface area contributed by atoms with Crippen LogP contribution in [0.2, 0.25) is 0 Å². The van der Waals surface area contributed by atoms with Crippen molar-refractivity contribution in [1.82, 2.24) is 15.0 Å². The minimum Gasteiger partial charge on any atom is -0.444 e. The van der Waals surface area contributed by atoms with Crippen LogP contribution in [0.4, 0.5) is 11.8 Å². The van der Waals surface area contributed by atoms with E-state index in [1.807, 2.05) is 38.7 Å². The standard InChI is InChI=1S/C16H24N6O2.C2H6/c1-5-7-22(8-6-2)15-18-13(19-16(23)20-15)10-17-21-14-9-11(3)12(4)24-14;1-2/h9-10,21H,5-8H2,1-4H3,(H,18,19,20,23);1-2H3/b17-10+;. The molecule has 0 aromatic carbocycles. The van der Waals surface area contributed by atoms with E-state index in [1.54, 1.807) is 0 Å². The molecule has 0 amide bonds. The van der Waals surface area contributed by atoms with Crippen LogP contribution in [0.1, 0.15) is 57.7 Å². The number of rotatable bonds is 8. The van der Waals surface area contributed by atoms with Gasteiger partial charge in [-0.05, 0) is 32.3 Å². The average Bonchev–Trinajstić information content (AvgIpc) is 2.94. The van der Waals surface area contributed by atoms with Crippen LogP contribution in [0.5, 0.6) is 0 Å². The first-order chi connectivity index (χ1) is 12.5. The molecule has 8 nitrogen and oxygen atoms in total. The highest BCUT2D eigenvalue weighted by Crippen LogP contribution is 2.17. The SMILES string of the molecule is CC.CCCN(CCC)c1nc(/C=N/Nc2cc(C)c(C)o2)[nH]c(=O)n1. The van der Waals surface area contributed by atoms with E-state index < -0.39 is 5.69 Å². The zero-order chi connectivity index (χ0) is 19.5. The molecule has 0 saturated heterocycles. The Morgan fingerprint density at radius 1 is 1.23 bits per heavy atom. The van der Waals surface area contributed by atoms with Crippen molar-refractivity contribution >= 4 is 18.0 Å². The molecule has 0 fully saturated rings. The number of hydrogen-bond acceptors (Lipinski definition) is 7. The Morgan fingerprint density at radius 2 is 1.88 bits per heavy atom. The molecule has 8 heteroatoms. The van der Waals surface area contributed by atoms with E-state index >= 15 is 0 Å². The van der Waals surface area contributed by atoms with Crippen molar-refractivity contribution < 1.29 is 4.42 Å². The molecule has 2 rings (SSSR count). The highest BCUT2D eigenvalue weighted by molar-refractivity contribution is 5.75. The van der Waals surface area contributed by atoms with Gasteiger partial charge in [0.15, 0.2) is 5.82 Å². The van der Waals surface area contributed by atoms with Gasteiger partial charge >= 0.3 is 5.69 Å². The summed E-state index contributed by atoms with van der Waals surface area (Å²) in [6.07, 6.45) is 3.35. The molecule has 26 heavy (non-hydrogen) atoms.